The first kappa shape index (κ1) is 28.0. The minimum absolute atomic E-state index is 0.329. The van der Waals surface area contributed by atoms with Gasteiger partial charge in [-0.1, -0.05) is 45.9 Å². The Morgan fingerprint density at radius 2 is 1.12 bits per heavy atom. The van der Waals surface area contributed by atoms with Gasteiger partial charge in [0.1, 0.15) is 12.1 Å². The SMILES string of the molecule is O=C(O)[C@@H]1CCCN1C(=O)c1cnc2c(SSc3cccc4cc(C(=O)N5CCC[C@H]5C(=O)O)cnc34)cccc2c1. The highest BCUT2D eigenvalue weighted by Crippen LogP contribution is 2.42. The van der Waals surface area contributed by atoms with Crippen molar-refractivity contribution in [2.75, 3.05) is 13.1 Å². The first-order valence-electron chi connectivity index (χ1n) is 13.5. The summed E-state index contributed by atoms with van der Waals surface area (Å²) in [4.78, 5) is 63.0. The fourth-order valence-electron chi connectivity index (χ4n) is 5.59. The number of carbonyl (C=O) groups is 4. The van der Waals surface area contributed by atoms with Gasteiger partial charge in [-0.2, -0.15) is 0 Å². The highest BCUT2D eigenvalue weighted by Gasteiger charge is 2.35. The molecule has 2 amide bonds. The van der Waals surface area contributed by atoms with E-state index in [1.54, 1.807) is 12.1 Å². The second-order valence-corrected chi connectivity index (χ2v) is 12.5. The molecule has 2 aliphatic heterocycles. The van der Waals surface area contributed by atoms with Gasteiger partial charge in [-0.25, -0.2) is 9.59 Å². The molecular formula is C30H26N4O6S2. The maximum absolute atomic E-state index is 13.1. The van der Waals surface area contributed by atoms with Gasteiger partial charge in [-0.15, -0.1) is 0 Å². The number of hydrogen-bond donors (Lipinski definition) is 2. The molecule has 0 bridgehead atoms. The van der Waals surface area contributed by atoms with E-state index in [0.29, 0.717) is 49.9 Å². The fourth-order valence-corrected chi connectivity index (χ4v) is 7.88. The van der Waals surface area contributed by atoms with Crippen LogP contribution < -0.4 is 0 Å². The molecule has 12 heteroatoms. The van der Waals surface area contributed by atoms with Gasteiger partial charge in [0.25, 0.3) is 11.8 Å². The summed E-state index contributed by atoms with van der Waals surface area (Å²) in [6.07, 6.45) is 5.22. The van der Waals surface area contributed by atoms with E-state index in [4.69, 9.17) is 0 Å². The lowest BCUT2D eigenvalue weighted by atomic mass is 10.1. The van der Waals surface area contributed by atoms with Crippen molar-refractivity contribution in [2.45, 2.75) is 47.6 Å². The van der Waals surface area contributed by atoms with Crippen molar-refractivity contribution in [2.24, 2.45) is 0 Å². The quantitative estimate of drug-likeness (QED) is 0.279. The van der Waals surface area contributed by atoms with Crippen LogP contribution in [0.25, 0.3) is 21.8 Å². The number of fused-ring (bicyclic) bond motifs is 2. The Kier molecular flexibility index (Phi) is 7.74. The fraction of sp³-hybridized carbons (Fsp3) is 0.267. The molecule has 2 fully saturated rings. The molecule has 2 aliphatic rings. The van der Waals surface area contributed by atoms with Crippen LogP contribution in [-0.4, -0.2) is 78.9 Å². The summed E-state index contributed by atoms with van der Waals surface area (Å²) < 4.78 is 0. The van der Waals surface area contributed by atoms with Gasteiger partial charge in [0.2, 0.25) is 0 Å². The van der Waals surface area contributed by atoms with Crippen molar-refractivity contribution in [3.63, 3.8) is 0 Å². The number of para-hydroxylation sites is 2. The second-order valence-electron chi connectivity index (χ2n) is 10.3. The molecule has 0 spiro atoms. The molecule has 2 saturated heterocycles. The highest BCUT2D eigenvalue weighted by atomic mass is 33.1. The maximum Gasteiger partial charge on any atom is 0.326 e. The molecule has 2 atom stereocenters. The van der Waals surface area contributed by atoms with Crippen LogP contribution in [0.4, 0.5) is 0 Å². The highest BCUT2D eigenvalue weighted by molar-refractivity contribution is 8.76. The summed E-state index contributed by atoms with van der Waals surface area (Å²) in [5, 5.41) is 20.5. The number of carbonyl (C=O) groups excluding carboxylic acids is 2. The molecule has 4 heterocycles. The smallest absolute Gasteiger partial charge is 0.326 e. The molecule has 0 radical (unpaired) electrons. The lowest BCUT2D eigenvalue weighted by Crippen LogP contribution is -2.40. The summed E-state index contributed by atoms with van der Waals surface area (Å²) in [5.74, 6) is -2.64. The van der Waals surface area contributed by atoms with E-state index in [-0.39, 0.29) is 11.8 Å². The molecule has 2 N–H and O–H groups in total. The van der Waals surface area contributed by atoms with Crippen LogP contribution >= 0.6 is 21.6 Å². The zero-order valence-electron chi connectivity index (χ0n) is 22.3. The van der Waals surface area contributed by atoms with E-state index in [9.17, 15) is 29.4 Å². The third-order valence-electron chi connectivity index (χ3n) is 7.66. The molecule has 2 aromatic heterocycles. The van der Waals surface area contributed by atoms with E-state index in [1.165, 1.54) is 43.8 Å². The summed E-state index contributed by atoms with van der Waals surface area (Å²) in [7, 11) is 2.99. The van der Waals surface area contributed by atoms with Crippen molar-refractivity contribution >= 4 is 67.1 Å². The van der Waals surface area contributed by atoms with Crippen LogP contribution in [-0.2, 0) is 9.59 Å². The number of aliphatic carboxylic acids is 2. The Hall–Kier alpha value is -4.16. The van der Waals surface area contributed by atoms with Crippen LogP contribution in [0.2, 0.25) is 0 Å². The number of benzene rings is 2. The summed E-state index contributed by atoms with van der Waals surface area (Å²) in [6.45, 7) is 0.826. The summed E-state index contributed by atoms with van der Waals surface area (Å²) in [6, 6.07) is 13.3. The Balaban J connectivity index is 1.21. The molecule has 0 saturated carbocycles. The van der Waals surface area contributed by atoms with Gasteiger partial charge in [0, 0.05) is 46.0 Å². The summed E-state index contributed by atoms with van der Waals surface area (Å²) >= 11 is 0. The van der Waals surface area contributed by atoms with Crippen molar-refractivity contribution < 1.29 is 29.4 Å². The first-order chi connectivity index (χ1) is 20.3. The number of hydrogen-bond acceptors (Lipinski definition) is 8. The lowest BCUT2D eigenvalue weighted by molar-refractivity contribution is -0.142. The van der Waals surface area contributed by atoms with Gasteiger partial charge >= 0.3 is 11.9 Å². The number of likely N-dealkylation sites (tertiary alicyclic amines) is 2. The minimum atomic E-state index is -0.991. The number of pyridine rings is 2. The molecule has 214 valence electrons. The zero-order chi connectivity index (χ0) is 29.4. The molecule has 6 rings (SSSR count). The van der Waals surface area contributed by atoms with E-state index < -0.39 is 24.0 Å². The van der Waals surface area contributed by atoms with Gasteiger partial charge in [-0.05, 0) is 49.9 Å². The number of amides is 2. The van der Waals surface area contributed by atoms with Gasteiger partial charge in [0.05, 0.1) is 22.2 Å². The Morgan fingerprint density at radius 3 is 1.52 bits per heavy atom. The summed E-state index contributed by atoms with van der Waals surface area (Å²) in [5.41, 5.74) is 2.17. The predicted octanol–water partition coefficient (Wildman–Crippen LogP) is 4.96. The zero-order valence-corrected chi connectivity index (χ0v) is 23.9. The number of nitrogens with zero attached hydrogens (tertiary/aromatic N) is 4. The average Bonchev–Trinajstić information content (AvgIpc) is 3.69. The van der Waals surface area contributed by atoms with E-state index in [1.807, 2.05) is 36.4 Å². The van der Waals surface area contributed by atoms with E-state index >= 15 is 0 Å². The van der Waals surface area contributed by atoms with E-state index in [0.717, 1.165) is 31.6 Å². The van der Waals surface area contributed by atoms with Crippen LogP contribution in [0.3, 0.4) is 0 Å². The normalized spacial score (nSPS) is 18.6. The average molecular weight is 603 g/mol. The first-order valence-corrected chi connectivity index (χ1v) is 15.7. The van der Waals surface area contributed by atoms with Crippen LogP contribution in [0.15, 0.2) is 70.7 Å². The predicted molar refractivity (Wildman–Crippen MR) is 159 cm³/mol. The number of rotatable bonds is 7. The molecular weight excluding hydrogens is 576 g/mol. The number of carboxylic acid groups (broad SMARTS) is 2. The third-order valence-corrected chi connectivity index (χ3v) is 10.1. The minimum Gasteiger partial charge on any atom is -0.480 e. The third kappa shape index (κ3) is 5.27. The van der Waals surface area contributed by atoms with Crippen molar-refractivity contribution in [1.29, 1.82) is 0 Å². The van der Waals surface area contributed by atoms with Gasteiger partial charge < -0.3 is 20.0 Å². The van der Waals surface area contributed by atoms with Crippen LogP contribution in [0.1, 0.15) is 46.4 Å². The molecule has 2 aromatic carbocycles. The standard InChI is InChI=1S/C30H26N4O6S2/c35-27(33-11-3-7-21(33)29(37)38)19-13-17-5-1-9-23(25(17)31-15-19)41-42-24-10-2-6-18-14-20(16-32-26(18)24)28(36)34-12-4-8-22(34)30(39)40/h1-2,5-6,9-10,13-16,21-22H,3-4,7-8,11-12H2,(H,37,38)(H,39,40)/t21-,22-/m0/s1. The number of carboxylic acids is 2. The molecule has 0 aliphatic carbocycles. The van der Waals surface area contributed by atoms with Crippen LogP contribution in [0, 0.1) is 0 Å². The lowest BCUT2D eigenvalue weighted by Gasteiger charge is -2.21. The van der Waals surface area contributed by atoms with Gasteiger partial charge in [0.15, 0.2) is 0 Å². The number of aromatic nitrogens is 2. The van der Waals surface area contributed by atoms with Gasteiger partial charge in [-0.3, -0.25) is 19.6 Å². The molecule has 42 heavy (non-hydrogen) atoms. The van der Waals surface area contributed by atoms with Crippen LogP contribution in [0.5, 0.6) is 0 Å². The Morgan fingerprint density at radius 1 is 0.690 bits per heavy atom. The topological polar surface area (TPSA) is 141 Å². The van der Waals surface area contributed by atoms with E-state index in [2.05, 4.69) is 9.97 Å². The maximum atomic E-state index is 13.1. The largest absolute Gasteiger partial charge is 0.480 e. The van der Waals surface area contributed by atoms with Crippen molar-refractivity contribution in [3.8, 4) is 0 Å². The van der Waals surface area contributed by atoms with Crippen molar-refractivity contribution in [3.05, 3.63) is 72.1 Å². The molecule has 0 unspecified atom stereocenters. The van der Waals surface area contributed by atoms with Crippen molar-refractivity contribution in [1.82, 2.24) is 19.8 Å². The molecule has 4 aromatic rings. The Bertz CT molecular complexity index is 1620. The Labute approximate surface area is 248 Å². The molecule has 10 nitrogen and oxygen atoms in total. The monoisotopic (exact) mass is 602 g/mol. The second kappa shape index (κ2) is 11.6.